The zero-order valence-corrected chi connectivity index (χ0v) is 8.85. The lowest BCUT2D eigenvalue weighted by Crippen LogP contribution is -2.25. The van der Waals surface area contributed by atoms with Gasteiger partial charge < -0.3 is 4.90 Å². The molecule has 0 spiro atoms. The average molecular weight is 229 g/mol. The van der Waals surface area contributed by atoms with Crippen molar-refractivity contribution >= 4 is 11.6 Å². The van der Waals surface area contributed by atoms with Gasteiger partial charge in [0.1, 0.15) is 11.9 Å². The molecule has 17 heavy (non-hydrogen) atoms. The number of halogens is 1. The molecule has 4 nitrogen and oxygen atoms in total. The molecule has 2 rings (SSSR count). The van der Waals surface area contributed by atoms with E-state index in [1.165, 1.54) is 17.0 Å². The van der Waals surface area contributed by atoms with Crippen molar-refractivity contribution in [2.45, 2.75) is 6.42 Å². The third-order valence-corrected chi connectivity index (χ3v) is 2.68. The number of hydrogen-bond donors (Lipinski definition) is 0. The first-order chi connectivity index (χ1) is 8.15. The molecule has 0 bridgehead atoms. The molecule has 1 heterocycles. The van der Waals surface area contributed by atoms with Gasteiger partial charge in [-0.15, -0.1) is 0 Å². The van der Waals surface area contributed by atoms with Gasteiger partial charge in [0.25, 0.3) is 0 Å². The summed E-state index contributed by atoms with van der Waals surface area (Å²) < 4.78 is 13.0. The third kappa shape index (κ3) is 1.95. The first kappa shape index (κ1) is 11.1. The highest BCUT2D eigenvalue weighted by molar-refractivity contribution is 5.97. The van der Waals surface area contributed by atoms with Gasteiger partial charge in [-0.2, -0.15) is 10.5 Å². The summed E-state index contributed by atoms with van der Waals surface area (Å²) in [5.41, 5.74) is 0.480. The summed E-state index contributed by atoms with van der Waals surface area (Å²) in [6.07, 6.45) is 0.152. The number of amides is 1. The lowest BCUT2D eigenvalue weighted by molar-refractivity contribution is -0.117. The maximum atomic E-state index is 13.0. The van der Waals surface area contributed by atoms with E-state index in [0.29, 0.717) is 5.69 Å². The van der Waals surface area contributed by atoms with Crippen molar-refractivity contribution in [1.82, 2.24) is 0 Å². The molecular formula is C12H8FN3O. The molecular weight excluding hydrogens is 221 g/mol. The standard InChI is InChI=1S/C12H8FN3O/c13-10-1-2-11(9(4-10)6-15)16-7-8(5-14)3-12(16)17/h1-2,4,8H,3,7H2. The lowest BCUT2D eigenvalue weighted by atomic mass is 10.1. The van der Waals surface area contributed by atoms with Crippen molar-refractivity contribution < 1.29 is 9.18 Å². The van der Waals surface area contributed by atoms with Crippen LogP contribution in [0.1, 0.15) is 12.0 Å². The topological polar surface area (TPSA) is 67.9 Å². The van der Waals surface area contributed by atoms with Gasteiger partial charge >= 0.3 is 0 Å². The fourth-order valence-corrected chi connectivity index (χ4v) is 1.86. The normalized spacial score (nSPS) is 18.9. The number of nitriles is 2. The van der Waals surface area contributed by atoms with Crippen LogP contribution in [0.15, 0.2) is 18.2 Å². The highest BCUT2D eigenvalue weighted by atomic mass is 19.1. The van der Waals surface area contributed by atoms with Crippen LogP contribution >= 0.6 is 0 Å². The lowest BCUT2D eigenvalue weighted by Gasteiger charge is -2.17. The van der Waals surface area contributed by atoms with Crippen molar-refractivity contribution in [3.8, 4) is 12.1 Å². The Kier molecular flexibility index (Phi) is 2.76. The first-order valence-corrected chi connectivity index (χ1v) is 5.05. The van der Waals surface area contributed by atoms with Crippen LogP contribution in [-0.4, -0.2) is 12.5 Å². The Morgan fingerprint density at radius 3 is 2.76 bits per heavy atom. The minimum Gasteiger partial charge on any atom is -0.310 e. The van der Waals surface area contributed by atoms with Crippen LogP contribution in [0.5, 0.6) is 0 Å². The van der Waals surface area contributed by atoms with Crippen LogP contribution in [0.25, 0.3) is 0 Å². The summed E-state index contributed by atoms with van der Waals surface area (Å²) in [5.74, 6) is -1.09. The molecule has 0 radical (unpaired) electrons. The van der Waals surface area contributed by atoms with E-state index < -0.39 is 5.82 Å². The molecule has 1 saturated heterocycles. The van der Waals surface area contributed by atoms with E-state index in [1.807, 2.05) is 12.1 Å². The van der Waals surface area contributed by atoms with Crippen LogP contribution in [-0.2, 0) is 4.79 Å². The zero-order valence-electron chi connectivity index (χ0n) is 8.85. The molecule has 1 unspecified atom stereocenters. The fourth-order valence-electron chi connectivity index (χ4n) is 1.86. The van der Waals surface area contributed by atoms with Crippen LogP contribution in [0.3, 0.4) is 0 Å². The van der Waals surface area contributed by atoms with E-state index in [4.69, 9.17) is 10.5 Å². The Bertz CT molecular complexity index is 556. The average Bonchev–Trinajstić information content (AvgIpc) is 2.70. The summed E-state index contributed by atoms with van der Waals surface area (Å²) in [4.78, 5) is 13.0. The summed E-state index contributed by atoms with van der Waals surface area (Å²) >= 11 is 0. The summed E-state index contributed by atoms with van der Waals surface area (Å²) in [7, 11) is 0. The Morgan fingerprint density at radius 1 is 1.41 bits per heavy atom. The Hall–Kier alpha value is -2.40. The monoisotopic (exact) mass is 229 g/mol. The van der Waals surface area contributed by atoms with Gasteiger partial charge in [-0.1, -0.05) is 0 Å². The Labute approximate surface area is 97.5 Å². The number of nitrogens with zero attached hydrogens (tertiary/aromatic N) is 3. The minimum atomic E-state index is -0.520. The zero-order chi connectivity index (χ0) is 12.4. The van der Waals surface area contributed by atoms with Crippen LogP contribution < -0.4 is 4.90 Å². The third-order valence-electron chi connectivity index (χ3n) is 2.68. The number of benzene rings is 1. The quantitative estimate of drug-likeness (QED) is 0.734. The molecule has 0 N–H and O–H groups in total. The number of anilines is 1. The number of hydrogen-bond acceptors (Lipinski definition) is 3. The van der Waals surface area contributed by atoms with E-state index in [-0.39, 0.29) is 30.4 Å². The van der Waals surface area contributed by atoms with Crippen molar-refractivity contribution in [2.75, 3.05) is 11.4 Å². The molecule has 1 aliphatic rings. The maximum absolute atomic E-state index is 13.0. The number of carbonyl (C=O) groups excluding carboxylic acids is 1. The van der Waals surface area contributed by atoms with E-state index >= 15 is 0 Å². The molecule has 84 valence electrons. The maximum Gasteiger partial charge on any atom is 0.228 e. The summed E-state index contributed by atoms with van der Waals surface area (Å²) in [6.45, 7) is 0.260. The van der Waals surface area contributed by atoms with Crippen molar-refractivity contribution in [3.63, 3.8) is 0 Å². The SMILES string of the molecule is N#Cc1cc(F)ccc1N1CC(C#N)CC1=O. The van der Waals surface area contributed by atoms with Gasteiger partial charge in [-0.05, 0) is 18.2 Å². The van der Waals surface area contributed by atoms with Crippen LogP contribution in [0.4, 0.5) is 10.1 Å². The van der Waals surface area contributed by atoms with Gasteiger partial charge in [0.05, 0.1) is 23.2 Å². The first-order valence-electron chi connectivity index (χ1n) is 5.05. The molecule has 1 amide bonds. The number of rotatable bonds is 1. The predicted molar refractivity (Wildman–Crippen MR) is 57.2 cm³/mol. The van der Waals surface area contributed by atoms with Gasteiger partial charge in [0, 0.05) is 13.0 Å². The highest BCUT2D eigenvalue weighted by Gasteiger charge is 2.31. The van der Waals surface area contributed by atoms with Gasteiger partial charge in [0.15, 0.2) is 0 Å². The summed E-state index contributed by atoms with van der Waals surface area (Å²) in [5, 5.41) is 17.7. The highest BCUT2D eigenvalue weighted by Crippen LogP contribution is 2.27. The smallest absolute Gasteiger partial charge is 0.228 e. The minimum absolute atomic E-state index is 0.108. The molecule has 0 saturated carbocycles. The molecule has 0 aromatic heterocycles. The number of carbonyl (C=O) groups is 1. The van der Waals surface area contributed by atoms with E-state index in [0.717, 1.165) is 6.07 Å². The second kappa shape index (κ2) is 4.23. The fraction of sp³-hybridized carbons (Fsp3) is 0.250. The van der Waals surface area contributed by atoms with E-state index in [1.54, 1.807) is 0 Å². The molecule has 0 aliphatic carbocycles. The molecule has 5 heteroatoms. The molecule has 1 aliphatic heterocycles. The van der Waals surface area contributed by atoms with Crippen molar-refractivity contribution in [3.05, 3.63) is 29.6 Å². The van der Waals surface area contributed by atoms with Gasteiger partial charge in [-0.3, -0.25) is 4.79 Å². The second-order valence-corrected chi connectivity index (χ2v) is 3.81. The predicted octanol–water partition coefficient (Wildman–Crippen LogP) is 1.57. The van der Waals surface area contributed by atoms with Gasteiger partial charge in [0.2, 0.25) is 5.91 Å². The van der Waals surface area contributed by atoms with Gasteiger partial charge in [-0.25, -0.2) is 4.39 Å². The van der Waals surface area contributed by atoms with E-state index in [9.17, 15) is 9.18 Å². The van der Waals surface area contributed by atoms with Crippen molar-refractivity contribution in [1.29, 1.82) is 10.5 Å². The Balaban J connectivity index is 2.39. The Morgan fingerprint density at radius 2 is 2.18 bits per heavy atom. The summed E-state index contributed by atoms with van der Waals surface area (Å²) in [6, 6.07) is 7.55. The molecule has 1 aromatic carbocycles. The second-order valence-electron chi connectivity index (χ2n) is 3.81. The molecule has 1 fully saturated rings. The van der Waals surface area contributed by atoms with Crippen LogP contribution in [0, 0.1) is 34.4 Å². The van der Waals surface area contributed by atoms with E-state index in [2.05, 4.69) is 0 Å². The largest absolute Gasteiger partial charge is 0.310 e. The molecule has 1 atom stereocenters. The van der Waals surface area contributed by atoms with Crippen LogP contribution in [0.2, 0.25) is 0 Å². The molecule has 1 aromatic rings. The van der Waals surface area contributed by atoms with Crippen molar-refractivity contribution in [2.24, 2.45) is 5.92 Å².